The summed E-state index contributed by atoms with van der Waals surface area (Å²) in [6, 6.07) is 0. The summed E-state index contributed by atoms with van der Waals surface area (Å²) < 4.78 is 10.5. The Hall–Kier alpha value is -0.930. The van der Waals surface area contributed by atoms with Crippen LogP contribution in [-0.2, 0) is 9.47 Å². The third-order valence-corrected chi connectivity index (χ3v) is 3.35. The van der Waals surface area contributed by atoms with Gasteiger partial charge in [-0.1, -0.05) is 18.0 Å². The molecule has 5 atom stereocenters. The van der Waals surface area contributed by atoms with E-state index < -0.39 is 37.3 Å². The molecule has 0 unspecified atom stereocenters. The molecule has 0 aliphatic carbocycles. The second kappa shape index (κ2) is 9.91. The summed E-state index contributed by atoms with van der Waals surface area (Å²) >= 11 is 0. The summed E-state index contributed by atoms with van der Waals surface area (Å²) in [6.07, 6.45) is -2.84. The fourth-order valence-corrected chi connectivity index (χ4v) is 2.09. The summed E-state index contributed by atoms with van der Waals surface area (Å²) in [4.78, 5) is 2.66. The van der Waals surface area contributed by atoms with Crippen LogP contribution in [0.5, 0.6) is 0 Å². The van der Waals surface area contributed by atoms with Crippen molar-refractivity contribution in [3.8, 4) is 0 Å². The Balaban J connectivity index is 2.20. The summed E-state index contributed by atoms with van der Waals surface area (Å²) in [5.41, 5.74) is 8.10. The highest BCUT2D eigenvalue weighted by Gasteiger charge is 2.43. The van der Waals surface area contributed by atoms with E-state index in [4.69, 9.17) is 20.1 Å². The van der Waals surface area contributed by atoms with E-state index in [1.54, 1.807) is 0 Å². The molecule has 1 rings (SSSR count). The summed E-state index contributed by atoms with van der Waals surface area (Å²) in [6.45, 7) is 0.332. The maximum atomic E-state index is 9.73. The predicted molar refractivity (Wildman–Crippen MR) is 72.2 cm³/mol. The van der Waals surface area contributed by atoms with Gasteiger partial charge in [-0.15, -0.1) is 0 Å². The molecule has 0 spiro atoms. The van der Waals surface area contributed by atoms with Crippen LogP contribution in [-0.4, -0.2) is 70.9 Å². The van der Waals surface area contributed by atoms with Crippen molar-refractivity contribution in [2.45, 2.75) is 56.4 Å². The second-order valence-corrected chi connectivity index (χ2v) is 4.94. The van der Waals surface area contributed by atoms with Crippen LogP contribution in [0, 0.1) is 0 Å². The molecule has 4 N–H and O–H groups in total. The van der Waals surface area contributed by atoms with Crippen LogP contribution in [0.4, 0.5) is 0 Å². The molecular formula is C12H23N3O6. The standard InChI is InChI=1S/C12H23N3O6/c13-15-14-5-3-1-2-4-6-20-12-11(19)10(18)9(17)8(7-16)21-12/h8-12,16-19H,1-7H2/t8-,9-,10+,11+,12-/m1/s1. The smallest absolute Gasteiger partial charge is 0.186 e. The zero-order valence-corrected chi connectivity index (χ0v) is 11.8. The topological polar surface area (TPSA) is 148 Å². The first-order valence-electron chi connectivity index (χ1n) is 7.04. The molecule has 1 aliphatic heterocycles. The highest BCUT2D eigenvalue weighted by atomic mass is 16.7. The normalized spacial score (nSPS) is 32.7. The van der Waals surface area contributed by atoms with Gasteiger partial charge >= 0.3 is 0 Å². The Labute approximate surface area is 122 Å². The molecule has 0 aromatic rings. The van der Waals surface area contributed by atoms with Gasteiger partial charge in [0.2, 0.25) is 0 Å². The van der Waals surface area contributed by atoms with Gasteiger partial charge in [-0.05, 0) is 18.4 Å². The van der Waals surface area contributed by atoms with E-state index in [1.165, 1.54) is 0 Å². The highest BCUT2D eigenvalue weighted by Crippen LogP contribution is 2.22. The van der Waals surface area contributed by atoms with Crippen molar-refractivity contribution in [3.63, 3.8) is 0 Å². The van der Waals surface area contributed by atoms with Gasteiger partial charge in [0, 0.05) is 18.1 Å². The summed E-state index contributed by atoms with van der Waals surface area (Å²) in [5, 5.41) is 41.4. The fraction of sp³-hybridized carbons (Fsp3) is 1.00. The number of aliphatic hydroxyl groups is 4. The van der Waals surface area contributed by atoms with E-state index in [0.717, 1.165) is 25.7 Å². The number of hydrogen-bond acceptors (Lipinski definition) is 7. The van der Waals surface area contributed by atoms with Gasteiger partial charge in [0.1, 0.15) is 24.4 Å². The quantitative estimate of drug-likeness (QED) is 0.198. The second-order valence-electron chi connectivity index (χ2n) is 4.94. The first kappa shape index (κ1) is 18.1. The number of hydrogen-bond donors (Lipinski definition) is 4. The molecule has 0 aromatic carbocycles. The van der Waals surface area contributed by atoms with Crippen molar-refractivity contribution in [1.29, 1.82) is 0 Å². The highest BCUT2D eigenvalue weighted by molar-refractivity contribution is 4.88. The lowest BCUT2D eigenvalue weighted by Gasteiger charge is -2.39. The Kier molecular flexibility index (Phi) is 8.55. The van der Waals surface area contributed by atoms with E-state index in [9.17, 15) is 15.3 Å². The van der Waals surface area contributed by atoms with Gasteiger partial charge in [-0.3, -0.25) is 0 Å². The number of azide groups is 1. The molecule has 0 radical (unpaired) electrons. The van der Waals surface area contributed by atoms with Gasteiger partial charge in [-0.2, -0.15) is 0 Å². The van der Waals surface area contributed by atoms with E-state index in [-0.39, 0.29) is 0 Å². The molecule has 0 aromatic heterocycles. The van der Waals surface area contributed by atoms with Crippen LogP contribution in [0.25, 0.3) is 10.4 Å². The maximum absolute atomic E-state index is 9.73. The monoisotopic (exact) mass is 305 g/mol. The molecule has 122 valence electrons. The van der Waals surface area contributed by atoms with Crippen molar-refractivity contribution in [2.75, 3.05) is 19.8 Å². The Morgan fingerprint density at radius 3 is 2.43 bits per heavy atom. The largest absolute Gasteiger partial charge is 0.394 e. The fourth-order valence-electron chi connectivity index (χ4n) is 2.09. The Morgan fingerprint density at radius 1 is 1.05 bits per heavy atom. The van der Waals surface area contributed by atoms with Crippen molar-refractivity contribution in [1.82, 2.24) is 0 Å². The molecule has 0 bridgehead atoms. The van der Waals surface area contributed by atoms with Gasteiger partial charge in [-0.25, -0.2) is 0 Å². The first-order chi connectivity index (χ1) is 10.1. The minimum Gasteiger partial charge on any atom is -0.394 e. The molecule has 9 nitrogen and oxygen atoms in total. The zero-order valence-electron chi connectivity index (χ0n) is 11.8. The molecule has 0 saturated carbocycles. The van der Waals surface area contributed by atoms with Crippen LogP contribution in [0.1, 0.15) is 25.7 Å². The number of aliphatic hydroxyl groups excluding tert-OH is 4. The lowest BCUT2D eigenvalue weighted by atomic mass is 9.99. The van der Waals surface area contributed by atoms with Gasteiger partial charge in [0.05, 0.1) is 6.61 Å². The average Bonchev–Trinajstić information content (AvgIpc) is 2.49. The predicted octanol–water partition coefficient (Wildman–Crippen LogP) is -0.326. The van der Waals surface area contributed by atoms with E-state index in [2.05, 4.69) is 10.0 Å². The van der Waals surface area contributed by atoms with E-state index in [1.807, 2.05) is 0 Å². The number of ether oxygens (including phenoxy) is 2. The first-order valence-corrected chi connectivity index (χ1v) is 7.04. The minimum absolute atomic E-state index is 0.324. The molecule has 1 heterocycles. The molecule has 0 amide bonds. The number of rotatable bonds is 9. The molecule has 1 fully saturated rings. The Morgan fingerprint density at radius 2 is 1.76 bits per heavy atom. The summed E-state index contributed by atoms with van der Waals surface area (Å²) in [7, 11) is 0. The molecule has 1 aliphatic rings. The van der Waals surface area contributed by atoms with Gasteiger partial charge in [0.15, 0.2) is 6.29 Å². The zero-order chi connectivity index (χ0) is 15.7. The third kappa shape index (κ3) is 5.76. The number of nitrogens with zero attached hydrogens (tertiary/aromatic N) is 3. The molecule has 9 heteroatoms. The van der Waals surface area contributed by atoms with Gasteiger partial charge < -0.3 is 29.9 Å². The summed E-state index contributed by atoms with van der Waals surface area (Å²) in [5.74, 6) is 0. The minimum atomic E-state index is -1.41. The van der Waals surface area contributed by atoms with Crippen molar-refractivity contribution in [2.24, 2.45) is 5.11 Å². The van der Waals surface area contributed by atoms with Crippen molar-refractivity contribution < 1.29 is 29.9 Å². The van der Waals surface area contributed by atoms with Gasteiger partial charge in [0.25, 0.3) is 0 Å². The van der Waals surface area contributed by atoms with Crippen LogP contribution < -0.4 is 0 Å². The van der Waals surface area contributed by atoms with E-state index >= 15 is 0 Å². The van der Waals surface area contributed by atoms with Crippen LogP contribution in [0.2, 0.25) is 0 Å². The Bertz CT molecular complexity index is 337. The lowest BCUT2D eigenvalue weighted by Crippen LogP contribution is -2.59. The number of unbranched alkanes of at least 4 members (excludes halogenated alkanes) is 3. The molecule has 1 saturated heterocycles. The molecular weight excluding hydrogens is 282 g/mol. The van der Waals surface area contributed by atoms with Crippen molar-refractivity contribution in [3.05, 3.63) is 10.4 Å². The van der Waals surface area contributed by atoms with Crippen molar-refractivity contribution >= 4 is 0 Å². The maximum Gasteiger partial charge on any atom is 0.186 e. The van der Waals surface area contributed by atoms with E-state index in [0.29, 0.717) is 13.2 Å². The van der Waals surface area contributed by atoms with Crippen LogP contribution >= 0.6 is 0 Å². The van der Waals surface area contributed by atoms with Crippen LogP contribution in [0.3, 0.4) is 0 Å². The lowest BCUT2D eigenvalue weighted by molar-refractivity contribution is -0.301. The van der Waals surface area contributed by atoms with Crippen LogP contribution in [0.15, 0.2) is 5.11 Å². The third-order valence-electron chi connectivity index (χ3n) is 3.35. The molecule has 21 heavy (non-hydrogen) atoms. The average molecular weight is 305 g/mol. The SMILES string of the molecule is [N-]=[N+]=NCCCCCCO[C@@H]1O[C@H](CO)[C@@H](O)[C@H](O)[C@@H]1O.